The fourth-order valence-corrected chi connectivity index (χ4v) is 3.97. The van der Waals surface area contributed by atoms with Gasteiger partial charge in [-0.3, -0.25) is 9.69 Å². The van der Waals surface area contributed by atoms with Gasteiger partial charge in [0.15, 0.2) is 0 Å². The lowest BCUT2D eigenvalue weighted by atomic mass is 10.1. The van der Waals surface area contributed by atoms with Crippen LogP contribution in [-0.2, 0) is 11.2 Å². The lowest BCUT2D eigenvalue weighted by Crippen LogP contribution is -2.32. The van der Waals surface area contributed by atoms with E-state index in [9.17, 15) is 4.79 Å². The number of aryl methyl sites for hydroxylation is 1. The molecule has 1 amide bonds. The molecule has 1 aliphatic rings. The number of carbonyl (C=O) groups excluding carboxylic acids is 1. The van der Waals surface area contributed by atoms with Gasteiger partial charge in [0.25, 0.3) is 0 Å². The molecule has 1 atom stereocenters. The Morgan fingerprint density at radius 3 is 3.05 bits per heavy atom. The second kappa shape index (κ2) is 7.07. The van der Waals surface area contributed by atoms with Crippen LogP contribution in [-0.4, -0.2) is 23.9 Å². The summed E-state index contributed by atoms with van der Waals surface area (Å²) in [6, 6.07) is 12.8. The molecule has 2 aromatic rings. The maximum atomic E-state index is 12.3. The van der Waals surface area contributed by atoms with Gasteiger partial charge in [-0.25, -0.2) is 0 Å². The van der Waals surface area contributed by atoms with Crippen molar-refractivity contribution in [2.75, 3.05) is 18.4 Å². The first-order chi connectivity index (χ1) is 10.8. The maximum absolute atomic E-state index is 12.3. The number of nitrogens with zero attached hydrogens (tertiary/aromatic N) is 1. The lowest BCUT2D eigenvalue weighted by molar-refractivity contribution is -0.117. The third-order valence-electron chi connectivity index (χ3n) is 4.20. The van der Waals surface area contributed by atoms with E-state index >= 15 is 0 Å². The van der Waals surface area contributed by atoms with E-state index in [1.54, 1.807) is 11.3 Å². The van der Waals surface area contributed by atoms with Crippen molar-refractivity contribution in [3.63, 3.8) is 0 Å². The van der Waals surface area contributed by atoms with Gasteiger partial charge in [-0.05, 0) is 54.9 Å². The van der Waals surface area contributed by atoms with Gasteiger partial charge in [0.1, 0.15) is 0 Å². The average Bonchev–Trinajstić information content (AvgIpc) is 3.18. The molecular formula is C18H22N2OS. The number of rotatable bonds is 5. The smallest absolute Gasteiger partial charge is 0.238 e. The van der Waals surface area contributed by atoms with Crippen molar-refractivity contribution in [2.24, 2.45) is 0 Å². The van der Waals surface area contributed by atoms with E-state index in [1.165, 1.54) is 16.9 Å². The van der Waals surface area contributed by atoms with Crippen molar-refractivity contribution in [3.05, 3.63) is 52.2 Å². The molecule has 1 N–H and O–H groups in total. The Kier molecular flexibility index (Phi) is 4.90. The summed E-state index contributed by atoms with van der Waals surface area (Å²) < 4.78 is 0. The van der Waals surface area contributed by atoms with Crippen molar-refractivity contribution >= 4 is 22.9 Å². The van der Waals surface area contributed by atoms with Crippen molar-refractivity contribution < 1.29 is 4.79 Å². The zero-order valence-corrected chi connectivity index (χ0v) is 13.7. The zero-order chi connectivity index (χ0) is 15.4. The summed E-state index contributed by atoms with van der Waals surface area (Å²) in [6.07, 6.45) is 3.30. The fourth-order valence-electron chi connectivity index (χ4n) is 3.07. The molecular weight excluding hydrogens is 292 g/mol. The predicted octanol–water partition coefficient (Wildman–Crippen LogP) is 4.09. The van der Waals surface area contributed by atoms with Gasteiger partial charge in [-0.2, -0.15) is 0 Å². The number of anilines is 1. The third kappa shape index (κ3) is 3.57. The van der Waals surface area contributed by atoms with Crippen LogP contribution in [0.15, 0.2) is 41.8 Å². The van der Waals surface area contributed by atoms with Gasteiger partial charge >= 0.3 is 0 Å². The van der Waals surface area contributed by atoms with Gasteiger partial charge in [-0.1, -0.05) is 25.1 Å². The van der Waals surface area contributed by atoms with E-state index in [2.05, 4.69) is 46.8 Å². The fraction of sp³-hybridized carbons (Fsp3) is 0.389. The molecule has 1 fully saturated rings. The van der Waals surface area contributed by atoms with E-state index in [0.29, 0.717) is 12.6 Å². The zero-order valence-electron chi connectivity index (χ0n) is 12.9. The number of nitrogens with one attached hydrogen (secondary N) is 1. The summed E-state index contributed by atoms with van der Waals surface area (Å²) in [6.45, 7) is 3.60. The first-order valence-electron chi connectivity index (χ1n) is 7.92. The Bertz CT molecular complexity index is 624. The molecule has 1 aliphatic heterocycles. The molecule has 1 saturated heterocycles. The topological polar surface area (TPSA) is 32.3 Å². The minimum absolute atomic E-state index is 0.0803. The van der Waals surface area contributed by atoms with Crippen LogP contribution in [0.5, 0.6) is 0 Å². The van der Waals surface area contributed by atoms with Gasteiger partial charge in [0.05, 0.1) is 6.54 Å². The van der Waals surface area contributed by atoms with Gasteiger partial charge in [0.2, 0.25) is 5.91 Å². The Morgan fingerprint density at radius 2 is 2.27 bits per heavy atom. The van der Waals surface area contributed by atoms with E-state index in [0.717, 1.165) is 25.1 Å². The van der Waals surface area contributed by atoms with Crippen LogP contribution in [0.4, 0.5) is 5.69 Å². The van der Waals surface area contributed by atoms with Crippen LogP contribution < -0.4 is 5.32 Å². The number of carbonyl (C=O) groups is 1. The van der Waals surface area contributed by atoms with Crippen LogP contribution in [0.25, 0.3) is 0 Å². The van der Waals surface area contributed by atoms with E-state index in [4.69, 9.17) is 0 Å². The number of thiophene rings is 1. The molecule has 0 bridgehead atoms. The second-order valence-electron chi connectivity index (χ2n) is 5.75. The molecule has 3 nitrogen and oxygen atoms in total. The number of hydrogen-bond donors (Lipinski definition) is 1. The SMILES string of the molecule is CCc1cccc(NC(=O)CN2CCCC2c2cccs2)c1. The summed E-state index contributed by atoms with van der Waals surface area (Å²) in [7, 11) is 0. The maximum Gasteiger partial charge on any atom is 0.238 e. The molecule has 0 radical (unpaired) electrons. The minimum atomic E-state index is 0.0803. The van der Waals surface area contributed by atoms with Crippen molar-refractivity contribution in [3.8, 4) is 0 Å². The summed E-state index contributed by atoms with van der Waals surface area (Å²) in [5, 5.41) is 5.15. The summed E-state index contributed by atoms with van der Waals surface area (Å²) in [5.74, 6) is 0.0803. The van der Waals surface area contributed by atoms with E-state index in [-0.39, 0.29) is 5.91 Å². The molecule has 0 spiro atoms. The van der Waals surface area contributed by atoms with Crippen LogP contribution >= 0.6 is 11.3 Å². The van der Waals surface area contributed by atoms with Crippen LogP contribution in [0.2, 0.25) is 0 Å². The Hall–Kier alpha value is -1.65. The first kappa shape index (κ1) is 15.3. The molecule has 1 aromatic carbocycles. The molecule has 0 saturated carbocycles. The third-order valence-corrected chi connectivity index (χ3v) is 5.17. The van der Waals surface area contributed by atoms with Crippen molar-refractivity contribution in [1.29, 1.82) is 0 Å². The number of benzene rings is 1. The molecule has 3 rings (SSSR count). The number of likely N-dealkylation sites (tertiary alicyclic amines) is 1. The molecule has 0 aliphatic carbocycles. The second-order valence-corrected chi connectivity index (χ2v) is 6.73. The Balaban J connectivity index is 1.61. The molecule has 4 heteroatoms. The minimum Gasteiger partial charge on any atom is -0.325 e. The Labute approximate surface area is 136 Å². The van der Waals surface area contributed by atoms with Crippen LogP contribution in [0.1, 0.15) is 36.2 Å². The largest absolute Gasteiger partial charge is 0.325 e. The van der Waals surface area contributed by atoms with Gasteiger partial charge in [-0.15, -0.1) is 11.3 Å². The highest BCUT2D eigenvalue weighted by atomic mass is 32.1. The average molecular weight is 314 g/mol. The predicted molar refractivity (Wildman–Crippen MR) is 92.3 cm³/mol. The van der Waals surface area contributed by atoms with Crippen molar-refractivity contribution in [1.82, 2.24) is 4.90 Å². The Morgan fingerprint density at radius 1 is 1.36 bits per heavy atom. The normalized spacial score (nSPS) is 18.5. The monoisotopic (exact) mass is 314 g/mol. The lowest BCUT2D eigenvalue weighted by Gasteiger charge is -2.22. The van der Waals surface area contributed by atoms with Gasteiger partial charge < -0.3 is 5.32 Å². The van der Waals surface area contributed by atoms with Crippen molar-refractivity contribution in [2.45, 2.75) is 32.2 Å². The molecule has 2 heterocycles. The standard InChI is InChI=1S/C18H22N2OS/c1-2-14-6-3-7-15(12-14)19-18(21)13-20-10-4-8-16(20)17-9-5-11-22-17/h3,5-7,9,11-12,16H,2,4,8,10,13H2,1H3,(H,19,21). The number of amides is 1. The molecule has 116 valence electrons. The van der Waals surface area contributed by atoms with Crippen LogP contribution in [0, 0.1) is 0 Å². The highest BCUT2D eigenvalue weighted by Gasteiger charge is 2.28. The molecule has 1 aromatic heterocycles. The molecule has 1 unspecified atom stereocenters. The van der Waals surface area contributed by atoms with Gasteiger partial charge in [0, 0.05) is 16.6 Å². The highest BCUT2D eigenvalue weighted by Crippen LogP contribution is 2.34. The van der Waals surface area contributed by atoms with E-state index < -0.39 is 0 Å². The summed E-state index contributed by atoms with van der Waals surface area (Å²) >= 11 is 1.79. The molecule has 22 heavy (non-hydrogen) atoms. The summed E-state index contributed by atoms with van der Waals surface area (Å²) in [4.78, 5) is 16.0. The number of hydrogen-bond acceptors (Lipinski definition) is 3. The summed E-state index contributed by atoms with van der Waals surface area (Å²) in [5.41, 5.74) is 2.15. The van der Waals surface area contributed by atoms with Crippen LogP contribution in [0.3, 0.4) is 0 Å². The first-order valence-corrected chi connectivity index (χ1v) is 8.80. The highest BCUT2D eigenvalue weighted by molar-refractivity contribution is 7.10. The van der Waals surface area contributed by atoms with E-state index in [1.807, 2.05) is 12.1 Å². The quantitative estimate of drug-likeness (QED) is 0.901.